The Bertz CT molecular complexity index is 1020. The quantitative estimate of drug-likeness (QED) is 0.521. The molecule has 1 heterocycles. The molecule has 0 bridgehead atoms. The fraction of sp³-hybridized carbons (Fsp3) is 0.458. The summed E-state index contributed by atoms with van der Waals surface area (Å²) in [6.07, 6.45) is 3.37. The molecule has 1 aliphatic carbocycles. The van der Waals surface area contributed by atoms with Gasteiger partial charge in [-0.25, -0.2) is 4.68 Å². The van der Waals surface area contributed by atoms with Crippen LogP contribution >= 0.6 is 0 Å². The molecule has 0 amide bonds. The number of ketones is 1. The molecule has 2 atom stereocenters. The molecule has 0 saturated heterocycles. The summed E-state index contributed by atoms with van der Waals surface area (Å²) in [6, 6.07) is 18.1. The lowest BCUT2D eigenvalue weighted by atomic mass is 9.71. The third kappa shape index (κ3) is 3.80. The van der Waals surface area contributed by atoms with Gasteiger partial charge < -0.3 is 0 Å². The highest BCUT2D eigenvalue weighted by Gasteiger charge is 2.48. The Labute approximate surface area is 174 Å². The van der Waals surface area contributed by atoms with E-state index in [0.29, 0.717) is 18.6 Å². The van der Waals surface area contributed by atoms with E-state index >= 15 is 0 Å². The number of para-hydroxylation sites is 1. The average molecular weight is 406 g/mol. The largest absolute Gasteiger partial charge is 0.300 e. The van der Waals surface area contributed by atoms with Crippen LogP contribution in [0.15, 0.2) is 48.5 Å². The van der Waals surface area contributed by atoms with Crippen LogP contribution < -0.4 is 0 Å². The molecule has 2 unspecified atom stereocenters. The Morgan fingerprint density at radius 1 is 1.10 bits per heavy atom. The van der Waals surface area contributed by atoms with Crippen molar-refractivity contribution in [1.29, 1.82) is 0 Å². The van der Waals surface area contributed by atoms with Crippen molar-refractivity contribution < 1.29 is 4.79 Å². The minimum absolute atomic E-state index is 0.239. The maximum atomic E-state index is 12.6. The van der Waals surface area contributed by atoms with Crippen LogP contribution in [0.5, 0.6) is 0 Å². The Balaban J connectivity index is 2.01. The molecule has 4 nitrogen and oxygen atoms in total. The normalized spacial score (nSPS) is 20.0. The zero-order chi connectivity index (χ0) is 20.6. The second-order valence-electron chi connectivity index (χ2n) is 9.85. The van der Waals surface area contributed by atoms with Gasteiger partial charge in [0.25, 0.3) is 0 Å². The minimum atomic E-state index is -1.54. The SMILES string of the molecule is Cc1ccc(C(C[Si](C)(C)C)(C2CCCC(=O)C2)n2nnc3ccccc32)cc1. The van der Waals surface area contributed by atoms with Gasteiger partial charge in [-0.1, -0.05) is 66.8 Å². The Hall–Kier alpha value is -2.27. The summed E-state index contributed by atoms with van der Waals surface area (Å²) in [5.74, 6) is 0.626. The molecule has 3 aromatic rings. The molecule has 0 radical (unpaired) electrons. The van der Waals surface area contributed by atoms with Crippen LogP contribution in [0, 0.1) is 12.8 Å². The lowest BCUT2D eigenvalue weighted by Gasteiger charge is -2.46. The zero-order valence-corrected chi connectivity index (χ0v) is 19.0. The summed E-state index contributed by atoms with van der Waals surface area (Å²) < 4.78 is 2.18. The topological polar surface area (TPSA) is 47.8 Å². The van der Waals surface area contributed by atoms with E-state index in [1.54, 1.807) is 0 Å². The highest BCUT2D eigenvalue weighted by molar-refractivity contribution is 6.76. The lowest BCUT2D eigenvalue weighted by Crippen LogP contribution is -2.49. The molecule has 1 fully saturated rings. The number of aryl methyl sites for hydroxylation is 1. The van der Waals surface area contributed by atoms with E-state index in [1.165, 1.54) is 11.1 Å². The van der Waals surface area contributed by atoms with E-state index in [9.17, 15) is 4.79 Å². The highest BCUT2D eigenvalue weighted by atomic mass is 28.3. The third-order valence-corrected chi connectivity index (χ3v) is 7.84. The first-order chi connectivity index (χ1) is 13.8. The molecular formula is C24H31N3OSi. The summed E-state index contributed by atoms with van der Waals surface area (Å²) >= 11 is 0. The van der Waals surface area contributed by atoms with Crippen molar-refractivity contribution in [2.75, 3.05) is 0 Å². The van der Waals surface area contributed by atoms with Gasteiger partial charge in [0.15, 0.2) is 0 Å². The van der Waals surface area contributed by atoms with Crippen LogP contribution in [0.4, 0.5) is 0 Å². The molecule has 0 spiro atoms. The van der Waals surface area contributed by atoms with Crippen molar-refractivity contribution in [2.24, 2.45) is 5.92 Å². The molecule has 29 heavy (non-hydrogen) atoms. The highest BCUT2D eigenvalue weighted by Crippen LogP contribution is 2.47. The first kappa shape index (κ1) is 20.0. The molecule has 0 aliphatic heterocycles. The number of carbonyl (C=O) groups is 1. The van der Waals surface area contributed by atoms with E-state index in [4.69, 9.17) is 5.21 Å². The predicted molar refractivity (Wildman–Crippen MR) is 121 cm³/mol. The van der Waals surface area contributed by atoms with Gasteiger partial charge >= 0.3 is 0 Å². The van der Waals surface area contributed by atoms with Crippen molar-refractivity contribution >= 4 is 24.9 Å². The van der Waals surface area contributed by atoms with Gasteiger partial charge in [-0.05, 0) is 49.4 Å². The van der Waals surface area contributed by atoms with Gasteiger partial charge in [-0.3, -0.25) is 4.79 Å². The van der Waals surface area contributed by atoms with Gasteiger partial charge in [0, 0.05) is 20.9 Å². The first-order valence-corrected chi connectivity index (χ1v) is 14.4. The van der Waals surface area contributed by atoms with Crippen molar-refractivity contribution in [1.82, 2.24) is 15.0 Å². The number of Topliss-reactive ketones (excluding diaryl/α,β-unsaturated/α-hetero) is 1. The molecule has 2 aromatic carbocycles. The van der Waals surface area contributed by atoms with Gasteiger partial charge in [0.1, 0.15) is 11.3 Å². The van der Waals surface area contributed by atoms with Crippen LogP contribution in [0.3, 0.4) is 0 Å². The molecule has 5 heteroatoms. The van der Waals surface area contributed by atoms with E-state index in [1.807, 2.05) is 12.1 Å². The second-order valence-corrected chi connectivity index (χ2v) is 15.3. The summed E-state index contributed by atoms with van der Waals surface area (Å²) in [4.78, 5) is 12.6. The van der Waals surface area contributed by atoms with Crippen LogP contribution in [-0.2, 0) is 10.3 Å². The first-order valence-electron chi connectivity index (χ1n) is 10.7. The maximum absolute atomic E-state index is 12.6. The number of hydrogen-bond acceptors (Lipinski definition) is 3. The fourth-order valence-electron chi connectivity index (χ4n) is 5.10. The molecule has 4 rings (SSSR count). The number of benzene rings is 2. The van der Waals surface area contributed by atoms with Crippen LogP contribution in [0.25, 0.3) is 11.0 Å². The number of aromatic nitrogens is 3. The standard InChI is InChI=1S/C24H31N3OSi/c1-18-12-14-19(15-13-18)24(17-29(2,3)4,20-8-7-9-21(28)16-20)27-23-11-6-5-10-22(23)25-26-27/h5-6,10-15,20H,7-9,16-17H2,1-4H3. The van der Waals surface area contributed by atoms with Gasteiger partial charge in [0.05, 0.1) is 11.1 Å². The monoisotopic (exact) mass is 405 g/mol. The average Bonchev–Trinajstić information content (AvgIpc) is 3.11. The Kier molecular flexibility index (Phi) is 5.19. The Morgan fingerprint density at radius 2 is 1.83 bits per heavy atom. The summed E-state index contributed by atoms with van der Waals surface area (Å²) in [5, 5.41) is 9.24. The molecule has 1 aromatic heterocycles. The molecule has 1 saturated carbocycles. The number of carbonyl (C=O) groups excluding carboxylic acids is 1. The smallest absolute Gasteiger partial charge is 0.133 e. The van der Waals surface area contributed by atoms with E-state index < -0.39 is 8.07 Å². The van der Waals surface area contributed by atoms with E-state index in [-0.39, 0.29) is 11.5 Å². The summed E-state index contributed by atoms with van der Waals surface area (Å²) in [7, 11) is -1.54. The minimum Gasteiger partial charge on any atom is -0.300 e. The van der Waals surface area contributed by atoms with Crippen LogP contribution in [0.1, 0.15) is 36.8 Å². The Morgan fingerprint density at radius 3 is 2.52 bits per heavy atom. The second kappa shape index (κ2) is 7.52. The zero-order valence-electron chi connectivity index (χ0n) is 18.0. The van der Waals surface area contributed by atoms with Gasteiger partial charge in [-0.2, -0.15) is 0 Å². The van der Waals surface area contributed by atoms with E-state index in [2.05, 4.69) is 72.7 Å². The van der Waals surface area contributed by atoms with Crippen molar-refractivity contribution in [3.8, 4) is 0 Å². The van der Waals surface area contributed by atoms with Crippen LogP contribution in [0.2, 0.25) is 25.7 Å². The lowest BCUT2D eigenvalue weighted by molar-refractivity contribution is -0.122. The summed E-state index contributed by atoms with van der Waals surface area (Å²) in [6.45, 7) is 9.37. The number of hydrogen-bond donors (Lipinski definition) is 0. The number of fused-ring (bicyclic) bond motifs is 1. The van der Waals surface area contributed by atoms with Gasteiger partial charge in [-0.15, -0.1) is 5.10 Å². The number of nitrogens with zero attached hydrogens (tertiary/aromatic N) is 3. The van der Waals surface area contributed by atoms with Crippen LogP contribution in [-0.4, -0.2) is 28.9 Å². The van der Waals surface area contributed by atoms with Crippen molar-refractivity contribution in [3.05, 3.63) is 59.7 Å². The third-order valence-electron chi connectivity index (χ3n) is 6.24. The molecular weight excluding hydrogens is 374 g/mol. The fourth-order valence-corrected chi connectivity index (χ4v) is 7.36. The molecule has 152 valence electrons. The molecule has 1 aliphatic rings. The van der Waals surface area contributed by atoms with Crippen molar-refractivity contribution in [3.63, 3.8) is 0 Å². The number of rotatable bonds is 5. The van der Waals surface area contributed by atoms with Crippen molar-refractivity contribution in [2.45, 2.75) is 63.8 Å². The predicted octanol–water partition coefficient (Wildman–Crippen LogP) is 5.58. The van der Waals surface area contributed by atoms with E-state index in [0.717, 1.165) is 29.9 Å². The van der Waals surface area contributed by atoms with Gasteiger partial charge in [0.2, 0.25) is 0 Å². The molecule has 0 N–H and O–H groups in total. The maximum Gasteiger partial charge on any atom is 0.133 e. The summed E-state index contributed by atoms with van der Waals surface area (Å²) in [5.41, 5.74) is 4.15.